The Bertz CT molecular complexity index is 629. The first-order valence-corrected chi connectivity index (χ1v) is 6.73. The molecule has 1 amide bonds. The predicted octanol–water partition coefficient (Wildman–Crippen LogP) is 2.62. The van der Waals surface area contributed by atoms with Gasteiger partial charge in [-0.3, -0.25) is 4.79 Å². The van der Waals surface area contributed by atoms with Crippen molar-refractivity contribution in [1.29, 1.82) is 5.26 Å². The van der Waals surface area contributed by atoms with Crippen LogP contribution in [0.3, 0.4) is 0 Å². The maximum absolute atomic E-state index is 12.0. The van der Waals surface area contributed by atoms with Crippen LogP contribution in [-0.2, 0) is 11.3 Å². The number of hydrogen-bond donors (Lipinski definition) is 2. The highest BCUT2D eigenvalue weighted by atomic mass is 16.2. The minimum Gasteiger partial charge on any atom is -0.362 e. The van der Waals surface area contributed by atoms with Crippen molar-refractivity contribution in [3.8, 4) is 6.07 Å². The molecule has 21 heavy (non-hydrogen) atoms. The molecule has 4 nitrogen and oxygen atoms in total. The summed E-state index contributed by atoms with van der Waals surface area (Å²) in [7, 11) is 0. The van der Waals surface area contributed by atoms with Crippen molar-refractivity contribution in [3.05, 3.63) is 65.7 Å². The summed E-state index contributed by atoms with van der Waals surface area (Å²) in [4.78, 5) is 12.0. The molecule has 0 heterocycles. The molecule has 0 aromatic heterocycles. The van der Waals surface area contributed by atoms with Gasteiger partial charge in [-0.25, -0.2) is 0 Å². The zero-order valence-corrected chi connectivity index (χ0v) is 11.8. The number of nitrogens with one attached hydrogen (secondary N) is 2. The summed E-state index contributed by atoms with van der Waals surface area (Å²) >= 11 is 0. The first-order chi connectivity index (χ1) is 10.2. The molecular weight excluding hydrogens is 262 g/mol. The predicted molar refractivity (Wildman–Crippen MR) is 82.5 cm³/mol. The van der Waals surface area contributed by atoms with Gasteiger partial charge < -0.3 is 10.6 Å². The van der Waals surface area contributed by atoms with Gasteiger partial charge in [0, 0.05) is 12.2 Å². The molecule has 0 aliphatic heterocycles. The molecule has 0 spiro atoms. The van der Waals surface area contributed by atoms with Crippen LogP contribution < -0.4 is 10.6 Å². The second-order valence-electron chi connectivity index (χ2n) is 4.78. The van der Waals surface area contributed by atoms with Crippen LogP contribution in [-0.4, -0.2) is 11.9 Å². The van der Waals surface area contributed by atoms with Crippen LogP contribution >= 0.6 is 0 Å². The minimum absolute atomic E-state index is 0.332. The lowest BCUT2D eigenvalue weighted by molar-refractivity contribution is -0.120. The van der Waals surface area contributed by atoms with E-state index in [4.69, 9.17) is 5.26 Å². The average Bonchev–Trinajstić information content (AvgIpc) is 2.53. The van der Waals surface area contributed by atoms with Gasteiger partial charge in [-0.2, -0.15) is 5.26 Å². The minimum atomic E-state index is -0.906. The van der Waals surface area contributed by atoms with E-state index in [0.29, 0.717) is 6.54 Å². The summed E-state index contributed by atoms with van der Waals surface area (Å²) in [5.41, 5.74) is 2.88. The van der Waals surface area contributed by atoms with Crippen LogP contribution in [0.1, 0.15) is 11.1 Å². The first kappa shape index (κ1) is 14.6. The molecule has 0 aliphatic rings. The van der Waals surface area contributed by atoms with Crippen molar-refractivity contribution in [2.75, 3.05) is 5.32 Å². The first-order valence-electron chi connectivity index (χ1n) is 6.73. The largest absolute Gasteiger partial charge is 0.362 e. The molecule has 4 heteroatoms. The zero-order chi connectivity index (χ0) is 15.1. The summed E-state index contributed by atoms with van der Waals surface area (Å²) < 4.78 is 0. The molecule has 0 saturated carbocycles. The number of amides is 1. The van der Waals surface area contributed by atoms with Crippen molar-refractivity contribution >= 4 is 11.6 Å². The lowest BCUT2D eigenvalue weighted by atomic mass is 10.2. The molecule has 2 N–H and O–H groups in total. The SMILES string of the molecule is Cc1ccc(NC(C#N)C(=O)NCc2ccccc2)cc1. The standard InChI is InChI=1S/C17H17N3O/c1-13-7-9-15(10-8-13)20-16(11-18)17(21)19-12-14-5-3-2-4-6-14/h2-10,16,20H,12H2,1H3,(H,19,21). The topological polar surface area (TPSA) is 64.9 Å². The maximum atomic E-state index is 12.0. The van der Waals surface area contributed by atoms with Gasteiger partial charge >= 0.3 is 0 Å². The van der Waals surface area contributed by atoms with E-state index in [1.54, 1.807) is 0 Å². The van der Waals surface area contributed by atoms with Crippen molar-refractivity contribution in [3.63, 3.8) is 0 Å². The quantitative estimate of drug-likeness (QED) is 0.884. The maximum Gasteiger partial charge on any atom is 0.257 e. The molecule has 2 aromatic rings. The Morgan fingerprint density at radius 3 is 2.43 bits per heavy atom. The van der Waals surface area contributed by atoms with Crippen molar-refractivity contribution in [2.45, 2.75) is 19.5 Å². The molecular formula is C17H17N3O. The van der Waals surface area contributed by atoms with Gasteiger partial charge in [0.25, 0.3) is 5.91 Å². The monoisotopic (exact) mass is 279 g/mol. The highest BCUT2D eigenvalue weighted by Gasteiger charge is 2.16. The van der Waals surface area contributed by atoms with Crippen molar-refractivity contribution in [2.24, 2.45) is 0 Å². The second-order valence-corrected chi connectivity index (χ2v) is 4.78. The number of aryl methyl sites for hydroxylation is 1. The molecule has 0 fully saturated rings. The Kier molecular flexibility index (Phi) is 4.94. The fourth-order valence-corrected chi connectivity index (χ4v) is 1.86. The number of rotatable bonds is 5. The lowest BCUT2D eigenvalue weighted by Crippen LogP contribution is -2.38. The number of nitrogens with zero attached hydrogens (tertiary/aromatic N) is 1. The number of carbonyl (C=O) groups is 1. The summed E-state index contributed by atoms with van der Waals surface area (Å²) in [6.07, 6.45) is 0. The van der Waals surface area contributed by atoms with Gasteiger partial charge in [0.2, 0.25) is 0 Å². The summed E-state index contributed by atoms with van der Waals surface area (Å²) in [5, 5.41) is 14.8. The fraction of sp³-hybridized carbons (Fsp3) is 0.176. The Labute approximate surface area is 124 Å². The van der Waals surface area contributed by atoms with Gasteiger partial charge in [0.1, 0.15) is 0 Å². The molecule has 2 aromatic carbocycles. The smallest absolute Gasteiger partial charge is 0.257 e. The van der Waals surface area contributed by atoms with Gasteiger partial charge in [0.15, 0.2) is 6.04 Å². The van der Waals surface area contributed by atoms with E-state index in [-0.39, 0.29) is 5.91 Å². The van der Waals surface area contributed by atoms with E-state index < -0.39 is 6.04 Å². The Hall–Kier alpha value is -2.80. The molecule has 1 unspecified atom stereocenters. The molecule has 0 bridgehead atoms. The van der Waals surface area contributed by atoms with Crippen LogP contribution in [0.5, 0.6) is 0 Å². The highest BCUT2D eigenvalue weighted by Crippen LogP contribution is 2.10. The van der Waals surface area contributed by atoms with E-state index in [1.165, 1.54) is 0 Å². The third-order valence-electron chi connectivity index (χ3n) is 3.06. The number of anilines is 1. The van der Waals surface area contributed by atoms with Crippen molar-refractivity contribution < 1.29 is 4.79 Å². The zero-order valence-electron chi connectivity index (χ0n) is 11.8. The van der Waals surface area contributed by atoms with Crippen LogP contribution in [0.15, 0.2) is 54.6 Å². The molecule has 1 atom stereocenters. The Morgan fingerprint density at radius 1 is 1.14 bits per heavy atom. The number of benzene rings is 2. The summed E-state index contributed by atoms with van der Waals surface area (Å²) in [6.45, 7) is 2.39. The normalized spacial score (nSPS) is 11.2. The van der Waals surface area contributed by atoms with Crippen LogP contribution in [0.2, 0.25) is 0 Å². The summed E-state index contributed by atoms with van der Waals surface area (Å²) in [6, 6.07) is 18.2. The third-order valence-corrected chi connectivity index (χ3v) is 3.06. The fourth-order valence-electron chi connectivity index (χ4n) is 1.86. The molecule has 0 radical (unpaired) electrons. The highest BCUT2D eigenvalue weighted by molar-refractivity contribution is 5.87. The summed E-state index contributed by atoms with van der Waals surface area (Å²) in [5.74, 6) is -0.332. The molecule has 106 valence electrons. The Morgan fingerprint density at radius 2 is 1.81 bits per heavy atom. The van der Waals surface area contributed by atoms with Crippen LogP contribution in [0.25, 0.3) is 0 Å². The molecule has 0 saturated heterocycles. The number of nitriles is 1. The number of hydrogen-bond acceptors (Lipinski definition) is 3. The van der Waals surface area contributed by atoms with Gasteiger partial charge in [-0.1, -0.05) is 48.0 Å². The van der Waals surface area contributed by atoms with Crippen LogP contribution in [0.4, 0.5) is 5.69 Å². The average molecular weight is 279 g/mol. The molecule has 2 rings (SSSR count). The Balaban J connectivity index is 1.93. The van der Waals surface area contributed by atoms with E-state index in [2.05, 4.69) is 10.6 Å². The molecule has 0 aliphatic carbocycles. The van der Waals surface area contributed by atoms with E-state index in [9.17, 15) is 4.79 Å². The van der Waals surface area contributed by atoms with E-state index in [0.717, 1.165) is 16.8 Å². The van der Waals surface area contributed by atoms with E-state index in [1.807, 2.05) is 67.6 Å². The van der Waals surface area contributed by atoms with Crippen molar-refractivity contribution in [1.82, 2.24) is 5.32 Å². The lowest BCUT2D eigenvalue weighted by Gasteiger charge is -2.13. The third kappa shape index (κ3) is 4.36. The van der Waals surface area contributed by atoms with Gasteiger partial charge in [-0.15, -0.1) is 0 Å². The van der Waals surface area contributed by atoms with E-state index >= 15 is 0 Å². The second kappa shape index (κ2) is 7.11. The van der Waals surface area contributed by atoms with Gasteiger partial charge in [0.05, 0.1) is 6.07 Å². The van der Waals surface area contributed by atoms with Crippen LogP contribution in [0, 0.1) is 18.3 Å². The number of carbonyl (C=O) groups excluding carboxylic acids is 1. The van der Waals surface area contributed by atoms with Gasteiger partial charge in [-0.05, 0) is 24.6 Å².